The van der Waals surface area contributed by atoms with E-state index in [4.69, 9.17) is 4.42 Å². The van der Waals surface area contributed by atoms with Crippen molar-refractivity contribution in [3.63, 3.8) is 0 Å². The number of benzene rings is 1. The first-order chi connectivity index (χ1) is 13.4. The van der Waals surface area contributed by atoms with E-state index in [0.29, 0.717) is 13.1 Å². The molecule has 3 amide bonds. The molecular formula is C22H31N3O3. The van der Waals surface area contributed by atoms with Crippen LogP contribution in [-0.2, 0) is 17.8 Å². The molecule has 0 aliphatic heterocycles. The Hall–Kier alpha value is -2.76. The number of hydrogen-bond donors (Lipinski definition) is 0. The molecule has 1 atom stereocenters. The molecule has 0 aliphatic carbocycles. The van der Waals surface area contributed by atoms with Gasteiger partial charge in [0, 0.05) is 26.7 Å². The zero-order valence-corrected chi connectivity index (χ0v) is 17.3. The number of carbonyl (C=O) groups is 2. The molecule has 1 unspecified atom stereocenters. The summed E-state index contributed by atoms with van der Waals surface area (Å²) in [6.07, 6.45) is 3.14. The van der Waals surface area contributed by atoms with Crippen LogP contribution < -0.4 is 0 Å². The fraction of sp³-hybridized carbons (Fsp3) is 0.455. The molecule has 152 valence electrons. The Morgan fingerprint density at radius 1 is 1.07 bits per heavy atom. The summed E-state index contributed by atoms with van der Waals surface area (Å²) in [5.74, 6) is 0.651. The average molecular weight is 386 g/mol. The highest BCUT2D eigenvalue weighted by Crippen LogP contribution is 2.12. The van der Waals surface area contributed by atoms with Crippen LogP contribution in [0.25, 0.3) is 0 Å². The summed E-state index contributed by atoms with van der Waals surface area (Å²) in [6.45, 7) is 5.00. The Morgan fingerprint density at radius 3 is 2.36 bits per heavy atom. The van der Waals surface area contributed by atoms with Crippen LogP contribution in [-0.4, -0.2) is 59.9 Å². The van der Waals surface area contributed by atoms with Crippen molar-refractivity contribution in [1.29, 1.82) is 0 Å². The van der Waals surface area contributed by atoms with E-state index < -0.39 is 0 Å². The van der Waals surface area contributed by atoms with E-state index in [0.717, 1.165) is 18.6 Å². The molecule has 0 bridgehead atoms. The summed E-state index contributed by atoms with van der Waals surface area (Å²) in [5, 5.41) is 0. The first-order valence-corrected chi connectivity index (χ1v) is 9.74. The summed E-state index contributed by atoms with van der Waals surface area (Å²) < 4.78 is 5.44. The maximum absolute atomic E-state index is 13.1. The lowest BCUT2D eigenvalue weighted by atomic mass is 10.1. The Bertz CT molecular complexity index is 729. The molecule has 0 aliphatic rings. The minimum absolute atomic E-state index is 0.0153. The first kappa shape index (κ1) is 21.5. The maximum atomic E-state index is 13.1. The van der Waals surface area contributed by atoms with Crippen LogP contribution in [0.2, 0.25) is 0 Å². The Kier molecular flexibility index (Phi) is 8.11. The van der Waals surface area contributed by atoms with Crippen LogP contribution in [0.3, 0.4) is 0 Å². The largest absolute Gasteiger partial charge is 0.467 e. The lowest BCUT2D eigenvalue weighted by Crippen LogP contribution is -2.50. The van der Waals surface area contributed by atoms with Crippen LogP contribution in [0.4, 0.5) is 4.79 Å². The molecule has 1 aromatic carbocycles. The van der Waals surface area contributed by atoms with Crippen molar-refractivity contribution < 1.29 is 14.0 Å². The SMILES string of the molecule is CCC(C)N(CC(=O)N(CCc1ccccc1)Cc1ccco1)C(=O)N(C)C. The fourth-order valence-corrected chi connectivity index (χ4v) is 2.93. The molecule has 0 radical (unpaired) electrons. The predicted octanol–water partition coefficient (Wildman–Crippen LogP) is 3.63. The second-order valence-corrected chi connectivity index (χ2v) is 7.19. The highest BCUT2D eigenvalue weighted by molar-refractivity contribution is 5.84. The van der Waals surface area contributed by atoms with Crippen LogP contribution in [0.15, 0.2) is 53.1 Å². The summed E-state index contributed by atoms with van der Waals surface area (Å²) in [7, 11) is 3.41. The van der Waals surface area contributed by atoms with Crippen molar-refractivity contribution in [3.8, 4) is 0 Å². The smallest absolute Gasteiger partial charge is 0.320 e. The van der Waals surface area contributed by atoms with Crippen LogP contribution >= 0.6 is 0 Å². The van der Waals surface area contributed by atoms with Crippen LogP contribution in [0, 0.1) is 0 Å². The molecule has 6 heteroatoms. The van der Waals surface area contributed by atoms with E-state index >= 15 is 0 Å². The molecule has 28 heavy (non-hydrogen) atoms. The Morgan fingerprint density at radius 2 is 1.79 bits per heavy atom. The number of amides is 3. The van der Waals surface area contributed by atoms with Gasteiger partial charge in [-0.15, -0.1) is 0 Å². The third kappa shape index (κ3) is 6.15. The normalized spacial score (nSPS) is 11.7. The van der Waals surface area contributed by atoms with Gasteiger partial charge in [-0.25, -0.2) is 4.79 Å². The fourth-order valence-electron chi connectivity index (χ4n) is 2.93. The molecule has 0 N–H and O–H groups in total. The molecule has 1 heterocycles. The van der Waals surface area contributed by atoms with E-state index in [9.17, 15) is 9.59 Å². The highest BCUT2D eigenvalue weighted by Gasteiger charge is 2.26. The quantitative estimate of drug-likeness (QED) is 0.662. The molecule has 6 nitrogen and oxygen atoms in total. The first-order valence-electron chi connectivity index (χ1n) is 9.74. The van der Waals surface area contributed by atoms with E-state index in [1.165, 1.54) is 10.5 Å². The number of carbonyl (C=O) groups excluding carboxylic acids is 2. The summed E-state index contributed by atoms with van der Waals surface area (Å²) in [5.41, 5.74) is 1.17. The van der Waals surface area contributed by atoms with Crippen molar-refractivity contribution in [1.82, 2.24) is 14.7 Å². The molecule has 2 aromatic rings. The van der Waals surface area contributed by atoms with E-state index in [2.05, 4.69) is 12.1 Å². The van der Waals surface area contributed by atoms with Gasteiger partial charge in [-0.05, 0) is 37.5 Å². The average Bonchev–Trinajstić information content (AvgIpc) is 3.21. The molecule has 2 rings (SSSR count). The zero-order chi connectivity index (χ0) is 20.5. The van der Waals surface area contributed by atoms with E-state index in [1.807, 2.05) is 44.2 Å². The molecule has 1 aromatic heterocycles. The van der Waals surface area contributed by atoms with Gasteiger partial charge < -0.3 is 19.1 Å². The Labute approximate surface area is 167 Å². The van der Waals surface area contributed by atoms with Crippen LogP contribution in [0.5, 0.6) is 0 Å². The number of urea groups is 1. The summed E-state index contributed by atoms with van der Waals surface area (Å²) in [4.78, 5) is 30.6. The summed E-state index contributed by atoms with van der Waals surface area (Å²) in [6, 6.07) is 13.6. The number of rotatable bonds is 9. The molecule has 0 spiro atoms. The van der Waals surface area contributed by atoms with Gasteiger partial charge in [0.15, 0.2) is 0 Å². The minimum Gasteiger partial charge on any atom is -0.467 e. The van der Waals surface area contributed by atoms with E-state index in [1.54, 1.807) is 30.2 Å². The number of hydrogen-bond acceptors (Lipinski definition) is 3. The maximum Gasteiger partial charge on any atom is 0.320 e. The van der Waals surface area contributed by atoms with Gasteiger partial charge >= 0.3 is 6.03 Å². The van der Waals surface area contributed by atoms with E-state index in [-0.39, 0.29) is 24.5 Å². The summed E-state index contributed by atoms with van der Waals surface area (Å²) >= 11 is 0. The van der Waals surface area contributed by atoms with Gasteiger partial charge in [0.25, 0.3) is 0 Å². The highest BCUT2D eigenvalue weighted by atomic mass is 16.3. The van der Waals surface area contributed by atoms with Crippen molar-refractivity contribution in [2.45, 2.75) is 39.3 Å². The van der Waals surface area contributed by atoms with Gasteiger partial charge in [-0.1, -0.05) is 37.3 Å². The van der Waals surface area contributed by atoms with Gasteiger partial charge in [0.2, 0.25) is 5.91 Å². The van der Waals surface area contributed by atoms with Gasteiger partial charge in [0.1, 0.15) is 12.3 Å². The third-order valence-corrected chi connectivity index (χ3v) is 4.85. The molecular weight excluding hydrogens is 354 g/mol. The molecule has 0 saturated carbocycles. The number of nitrogens with zero attached hydrogens (tertiary/aromatic N) is 3. The third-order valence-electron chi connectivity index (χ3n) is 4.85. The second kappa shape index (κ2) is 10.5. The van der Waals surface area contributed by atoms with Gasteiger partial charge in [-0.3, -0.25) is 4.79 Å². The number of furan rings is 1. The monoisotopic (exact) mass is 385 g/mol. The van der Waals surface area contributed by atoms with Crippen molar-refractivity contribution in [2.75, 3.05) is 27.2 Å². The predicted molar refractivity (Wildman–Crippen MR) is 110 cm³/mol. The minimum atomic E-state index is -0.149. The van der Waals surface area contributed by atoms with Gasteiger partial charge in [0.05, 0.1) is 12.8 Å². The van der Waals surface area contributed by atoms with Crippen molar-refractivity contribution in [3.05, 3.63) is 60.1 Å². The zero-order valence-electron chi connectivity index (χ0n) is 17.3. The molecule has 0 fully saturated rings. The van der Waals surface area contributed by atoms with Gasteiger partial charge in [-0.2, -0.15) is 0 Å². The topological polar surface area (TPSA) is 57.0 Å². The van der Waals surface area contributed by atoms with Crippen molar-refractivity contribution in [2.24, 2.45) is 0 Å². The molecule has 0 saturated heterocycles. The lowest BCUT2D eigenvalue weighted by molar-refractivity contribution is -0.133. The Balaban J connectivity index is 2.12. The van der Waals surface area contributed by atoms with Crippen LogP contribution in [0.1, 0.15) is 31.6 Å². The second-order valence-electron chi connectivity index (χ2n) is 7.19. The van der Waals surface area contributed by atoms with Crippen molar-refractivity contribution >= 4 is 11.9 Å². The standard InChI is InChI=1S/C22H31N3O3/c1-5-18(2)25(22(27)23(3)4)17-21(26)24(16-20-12-9-15-28-20)14-13-19-10-7-6-8-11-19/h6-12,15,18H,5,13-14,16-17H2,1-4H3. The lowest BCUT2D eigenvalue weighted by Gasteiger charge is -2.32.